The average Bonchev–Trinajstić information content (AvgIpc) is 3.28. The summed E-state index contributed by atoms with van der Waals surface area (Å²) in [5.41, 5.74) is 1.05. The first-order valence-corrected chi connectivity index (χ1v) is 9.09. The molecule has 0 aliphatic carbocycles. The molecule has 0 radical (unpaired) electrons. The van der Waals surface area contributed by atoms with Crippen LogP contribution in [0.3, 0.4) is 0 Å². The largest absolute Gasteiger partial charge is 0.368 e. The maximum absolute atomic E-state index is 5.83. The summed E-state index contributed by atoms with van der Waals surface area (Å²) < 4.78 is 5.83. The topological polar surface area (TPSA) is 64.0 Å². The smallest absolute Gasteiger partial charge is 0.188 e. The van der Waals surface area contributed by atoms with Gasteiger partial charge in [-0.05, 0) is 6.07 Å². The van der Waals surface area contributed by atoms with E-state index in [1.807, 2.05) is 17.6 Å². The van der Waals surface area contributed by atoms with Crippen molar-refractivity contribution in [2.45, 2.75) is 12.6 Å². The zero-order valence-electron chi connectivity index (χ0n) is 12.3. The molecule has 118 valence electrons. The Balaban J connectivity index is 1.43. The SMILES string of the molecule is c1cnc(-c2nc(CN3CCO[C@@H](c4nccs4)C3)cs2)nc1. The quantitative estimate of drug-likeness (QED) is 0.724. The Morgan fingerprint density at radius 1 is 1.17 bits per heavy atom. The van der Waals surface area contributed by atoms with Gasteiger partial charge in [-0.15, -0.1) is 22.7 Å². The summed E-state index contributed by atoms with van der Waals surface area (Å²) in [6.07, 6.45) is 5.38. The number of nitrogens with zero attached hydrogens (tertiary/aromatic N) is 5. The number of rotatable bonds is 4. The van der Waals surface area contributed by atoms with Crippen LogP contribution in [0.2, 0.25) is 0 Å². The average molecular weight is 345 g/mol. The number of thiazole rings is 2. The minimum atomic E-state index is 0.0688. The number of morpholine rings is 1. The molecule has 6 nitrogen and oxygen atoms in total. The van der Waals surface area contributed by atoms with Crippen LogP contribution in [-0.4, -0.2) is 44.5 Å². The van der Waals surface area contributed by atoms with Crippen molar-refractivity contribution in [2.24, 2.45) is 0 Å². The minimum absolute atomic E-state index is 0.0688. The Morgan fingerprint density at radius 3 is 2.91 bits per heavy atom. The van der Waals surface area contributed by atoms with Gasteiger partial charge in [-0.25, -0.2) is 19.9 Å². The fraction of sp³-hybridized carbons (Fsp3) is 0.333. The van der Waals surface area contributed by atoms with Crippen molar-refractivity contribution in [2.75, 3.05) is 19.7 Å². The van der Waals surface area contributed by atoms with Gasteiger partial charge in [-0.3, -0.25) is 4.90 Å². The molecule has 8 heteroatoms. The van der Waals surface area contributed by atoms with Gasteiger partial charge in [0.05, 0.1) is 12.3 Å². The summed E-state index contributed by atoms with van der Waals surface area (Å²) in [4.78, 5) is 19.9. The van der Waals surface area contributed by atoms with Gasteiger partial charge in [0.15, 0.2) is 10.8 Å². The third kappa shape index (κ3) is 3.45. The molecule has 1 saturated heterocycles. The molecule has 1 fully saturated rings. The van der Waals surface area contributed by atoms with Crippen molar-refractivity contribution in [3.8, 4) is 10.8 Å². The molecule has 0 aromatic carbocycles. The highest BCUT2D eigenvalue weighted by atomic mass is 32.1. The monoisotopic (exact) mass is 345 g/mol. The Labute approximate surface area is 141 Å². The van der Waals surface area contributed by atoms with E-state index in [1.54, 1.807) is 35.1 Å². The lowest BCUT2D eigenvalue weighted by Gasteiger charge is -2.31. The van der Waals surface area contributed by atoms with E-state index in [2.05, 4.69) is 30.2 Å². The highest BCUT2D eigenvalue weighted by molar-refractivity contribution is 7.13. The molecule has 1 atom stereocenters. The first-order chi connectivity index (χ1) is 11.4. The molecule has 0 saturated carbocycles. The normalized spacial score (nSPS) is 19.0. The third-order valence-electron chi connectivity index (χ3n) is 3.57. The van der Waals surface area contributed by atoms with Crippen LogP contribution in [0, 0.1) is 0 Å². The van der Waals surface area contributed by atoms with Gasteiger partial charge in [0, 0.05) is 49.0 Å². The summed E-state index contributed by atoms with van der Waals surface area (Å²) in [6.45, 7) is 3.30. The fourth-order valence-corrected chi connectivity index (χ4v) is 3.94. The van der Waals surface area contributed by atoms with Crippen LogP contribution in [0.4, 0.5) is 0 Å². The van der Waals surface area contributed by atoms with Crippen LogP contribution < -0.4 is 0 Å². The number of hydrogen-bond acceptors (Lipinski definition) is 8. The van der Waals surface area contributed by atoms with Gasteiger partial charge in [0.1, 0.15) is 11.1 Å². The Morgan fingerprint density at radius 2 is 2.09 bits per heavy atom. The van der Waals surface area contributed by atoms with E-state index in [1.165, 1.54) is 0 Å². The van der Waals surface area contributed by atoms with Crippen LogP contribution in [0.5, 0.6) is 0 Å². The minimum Gasteiger partial charge on any atom is -0.368 e. The molecule has 0 spiro atoms. The Bertz CT molecular complexity index is 746. The lowest BCUT2D eigenvalue weighted by molar-refractivity contribution is -0.0333. The van der Waals surface area contributed by atoms with E-state index in [-0.39, 0.29) is 6.10 Å². The lowest BCUT2D eigenvalue weighted by atomic mass is 10.2. The summed E-state index contributed by atoms with van der Waals surface area (Å²) in [6, 6.07) is 1.81. The maximum atomic E-state index is 5.83. The van der Waals surface area contributed by atoms with Gasteiger partial charge in [0.25, 0.3) is 0 Å². The van der Waals surface area contributed by atoms with Gasteiger partial charge >= 0.3 is 0 Å². The number of aromatic nitrogens is 4. The molecule has 0 bridgehead atoms. The second-order valence-electron chi connectivity index (χ2n) is 5.18. The van der Waals surface area contributed by atoms with E-state index in [0.29, 0.717) is 5.82 Å². The highest BCUT2D eigenvalue weighted by Gasteiger charge is 2.24. The van der Waals surface area contributed by atoms with Crippen molar-refractivity contribution >= 4 is 22.7 Å². The molecular formula is C15H15N5OS2. The molecule has 3 aromatic heterocycles. The predicted molar refractivity (Wildman–Crippen MR) is 89.2 cm³/mol. The molecule has 0 N–H and O–H groups in total. The van der Waals surface area contributed by atoms with Crippen molar-refractivity contribution in [1.82, 2.24) is 24.8 Å². The first-order valence-electron chi connectivity index (χ1n) is 7.33. The molecule has 0 unspecified atom stereocenters. The van der Waals surface area contributed by atoms with Crippen LogP contribution in [-0.2, 0) is 11.3 Å². The number of hydrogen-bond donors (Lipinski definition) is 0. The molecule has 1 aliphatic rings. The molecule has 23 heavy (non-hydrogen) atoms. The van der Waals surface area contributed by atoms with E-state index in [9.17, 15) is 0 Å². The van der Waals surface area contributed by atoms with Crippen LogP contribution in [0.25, 0.3) is 10.8 Å². The second-order valence-corrected chi connectivity index (χ2v) is 6.97. The van der Waals surface area contributed by atoms with E-state index in [4.69, 9.17) is 4.74 Å². The van der Waals surface area contributed by atoms with Crippen LogP contribution >= 0.6 is 22.7 Å². The third-order valence-corrected chi connectivity index (χ3v) is 5.33. The molecule has 4 heterocycles. The molecule has 4 rings (SSSR count). The number of ether oxygens (including phenoxy) is 1. The van der Waals surface area contributed by atoms with Crippen molar-refractivity contribution in [3.63, 3.8) is 0 Å². The van der Waals surface area contributed by atoms with Crippen molar-refractivity contribution < 1.29 is 4.74 Å². The maximum Gasteiger partial charge on any atom is 0.188 e. The molecule has 3 aromatic rings. The fourth-order valence-electron chi connectivity index (χ4n) is 2.51. The Kier molecular flexibility index (Phi) is 4.38. The molecular weight excluding hydrogens is 330 g/mol. The van der Waals surface area contributed by atoms with Gasteiger partial charge in [-0.1, -0.05) is 0 Å². The predicted octanol–water partition coefficient (Wildman–Crippen LogP) is 2.63. The van der Waals surface area contributed by atoms with Crippen LogP contribution in [0.15, 0.2) is 35.4 Å². The van der Waals surface area contributed by atoms with Gasteiger partial charge in [0.2, 0.25) is 0 Å². The van der Waals surface area contributed by atoms with Crippen molar-refractivity contribution in [3.05, 3.63) is 46.1 Å². The second kappa shape index (κ2) is 6.79. The van der Waals surface area contributed by atoms with E-state index in [0.717, 1.165) is 42.0 Å². The highest BCUT2D eigenvalue weighted by Crippen LogP contribution is 2.26. The molecule has 1 aliphatic heterocycles. The summed E-state index contributed by atoms with van der Waals surface area (Å²) in [7, 11) is 0. The lowest BCUT2D eigenvalue weighted by Crippen LogP contribution is -2.37. The summed E-state index contributed by atoms with van der Waals surface area (Å²) in [5.74, 6) is 0.686. The van der Waals surface area contributed by atoms with E-state index < -0.39 is 0 Å². The molecule has 0 amide bonds. The van der Waals surface area contributed by atoms with Crippen molar-refractivity contribution in [1.29, 1.82) is 0 Å². The summed E-state index contributed by atoms with van der Waals surface area (Å²) >= 11 is 3.23. The standard InChI is InChI=1S/C15H15N5OS2/c1-2-16-13(17-3-1)15-19-11(10-23-15)8-20-5-6-21-12(9-20)14-18-4-7-22-14/h1-4,7,10,12H,5-6,8-9H2/t12-/m1/s1. The zero-order chi connectivity index (χ0) is 15.5. The summed E-state index contributed by atoms with van der Waals surface area (Å²) in [5, 5.41) is 5.99. The van der Waals surface area contributed by atoms with Gasteiger partial charge in [-0.2, -0.15) is 0 Å². The Hall–Kier alpha value is -1.74. The zero-order valence-corrected chi connectivity index (χ0v) is 14.0. The van der Waals surface area contributed by atoms with E-state index >= 15 is 0 Å². The van der Waals surface area contributed by atoms with Gasteiger partial charge < -0.3 is 4.74 Å². The first kappa shape index (κ1) is 14.8. The van der Waals surface area contributed by atoms with Crippen LogP contribution in [0.1, 0.15) is 16.8 Å².